The number of Topliss-reactive ketones (excluding diaryl/α,β-unsaturated/α-hetero) is 1. The van der Waals surface area contributed by atoms with Gasteiger partial charge in [-0.3, -0.25) is 14.4 Å². The Balaban J connectivity index is 1.78. The second kappa shape index (κ2) is 8.73. The van der Waals surface area contributed by atoms with Crippen molar-refractivity contribution in [3.63, 3.8) is 0 Å². The van der Waals surface area contributed by atoms with Crippen LogP contribution in [0.25, 0.3) is 0 Å². The lowest BCUT2D eigenvalue weighted by molar-refractivity contribution is -0.124. The molecule has 130 valence electrons. The Bertz CT molecular complexity index is 762. The van der Waals surface area contributed by atoms with Gasteiger partial charge in [-0.25, -0.2) is 4.39 Å². The zero-order valence-electron chi connectivity index (χ0n) is 13.8. The Morgan fingerprint density at radius 2 is 1.64 bits per heavy atom. The summed E-state index contributed by atoms with van der Waals surface area (Å²) in [7, 11) is 0. The number of halogens is 1. The SMILES string of the molecule is CC(NC(=O)CCC(=O)Nc1cccc(F)c1)C(=O)c1ccccc1. The van der Waals surface area contributed by atoms with Gasteiger partial charge in [0.05, 0.1) is 6.04 Å². The number of anilines is 1. The molecule has 0 aliphatic heterocycles. The van der Waals surface area contributed by atoms with Gasteiger partial charge in [0.1, 0.15) is 5.82 Å². The number of rotatable bonds is 7. The van der Waals surface area contributed by atoms with Crippen molar-refractivity contribution in [2.75, 3.05) is 5.32 Å². The molecule has 2 amide bonds. The van der Waals surface area contributed by atoms with Gasteiger partial charge in [-0.05, 0) is 25.1 Å². The first kappa shape index (κ1) is 18.3. The fraction of sp³-hybridized carbons (Fsp3) is 0.211. The maximum atomic E-state index is 13.0. The van der Waals surface area contributed by atoms with Gasteiger partial charge in [-0.1, -0.05) is 36.4 Å². The minimum absolute atomic E-state index is 0.0609. The first-order valence-electron chi connectivity index (χ1n) is 7.90. The number of carbonyl (C=O) groups is 3. The van der Waals surface area contributed by atoms with Crippen LogP contribution in [0.4, 0.5) is 10.1 Å². The van der Waals surface area contributed by atoms with E-state index in [1.807, 2.05) is 0 Å². The van der Waals surface area contributed by atoms with Crippen LogP contribution in [0.15, 0.2) is 54.6 Å². The van der Waals surface area contributed by atoms with Gasteiger partial charge in [0.25, 0.3) is 0 Å². The molecule has 2 aromatic rings. The molecule has 0 aliphatic carbocycles. The number of hydrogen-bond acceptors (Lipinski definition) is 3. The van der Waals surface area contributed by atoms with Gasteiger partial charge >= 0.3 is 0 Å². The summed E-state index contributed by atoms with van der Waals surface area (Å²) < 4.78 is 13.0. The van der Waals surface area contributed by atoms with Crippen molar-refractivity contribution in [3.05, 3.63) is 66.0 Å². The molecule has 0 aliphatic rings. The molecule has 25 heavy (non-hydrogen) atoms. The van der Waals surface area contributed by atoms with Crippen molar-refractivity contribution >= 4 is 23.3 Å². The number of carbonyl (C=O) groups excluding carboxylic acids is 3. The van der Waals surface area contributed by atoms with Crippen LogP contribution in [0.3, 0.4) is 0 Å². The standard InChI is InChI=1S/C19H19FN2O3/c1-13(19(25)14-6-3-2-4-7-14)21-17(23)10-11-18(24)22-16-9-5-8-15(20)12-16/h2-9,12-13H,10-11H2,1H3,(H,21,23)(H,22,24). The minimum Gasteiger partial charge on any atom is -0.346 e. The monoisotopic (exact) mass is 342 g/mol. The van der Waals surface area contributed by atoms with E-state index in [-0.39, 0.29) is 18.6 Å². The van der Waals surface area contributed by atoms with Crippen LogP contribution >= 0.6 is 0 Å². The number of amides is 2. The number of ketones is 1. The Morgan fingerprint density at radius 3 is 2.32 bits per heavy atom. The third-order valence-electron chi connectivity index (χ3n) is 3.52. The molecule has 2 aromatic carbocycles. The molecule has 0 saturated heterocycles. The Hall–Kier alpha value is -3.02. The van der Waals surface area contributed by atoms with Crippen LogP contribution in [-0.4, -0.2) is 23.6 Å². The molecule has 2 N–H and O–H groups in total. The van der Waals surface area contributed by atoms with Gasteiger partial charge in [-0.2, -0.15) is 0 Å². The summed E-state index contributed by atoms with van der Waals surface area (Å²) in [6, 6.07) is 13.5. The fourth-order valence-corrected chi connectivity index (χ4v) is 2.25. The number of nitrogens with one attached hydrogen (secondary N) is 2. The van der Waals surface area contributed by atoms with Crippen LogP contribution in [0.2, 0.25) is 0 Å². The van der Waals surface area contributed by atoms with E-state index in [2.05, 4.69) is 10.6 Å². The highest BCUT2D eigenvalue weighted by atomic mass is 19.1. The third-order valence-corrected chi connectivity index (χ3v) is 3.52. The molecule has 2 rings (SSSR count). The third kappa shape index (κ3) is 5.84. The lowest BCUT2D eigenvalue weighted by atomic mass is 10.1. The van der Waals surface area contributed by atoms with E-state index < -0.39 is 23.7 Å². The molecule has 0 aromatic heterocycles. The summed E-state index contributed by atoms with van der Waals surface area (Å²) in [5, 5.41) is 5.09. The summed E-state index contributed by atoms with van der Waals surface area (Å²) in [5.41, 5.74) is 0.845. The van der Waals surface area contributed by atoms with E-state index in [1.165, 1.54) is 18.2 Å². The fourth-order valence-electron chi connectivity index (χ4n) is 2.25. The smallest absolute Gasteiger partial charge is 0.224 e. The second-order valence-electron chi connectivity index (χ2n) is 5.58. The van der Waals surface area contributed by atoms with Crippen LogP contribution in [-0.2, 0) is 9.59 Å². The Morgan fingerprint density at radius 1 is 0.960 bits per heavy atom. The first-order valence-corrected chi connectivity index (χ1v) is 7.90. The van der Waals surface area contributed by atoms with Gasteiger partial charge in [0.2, 0.25) is 11.8 Å². The van der Waals surface area contributed by atoms with E-state index in [0.29, 0.717) is 11.3 Å². The van der Waals surface area contributed by atoms with E-state index >= 15 is 0 Å². The summed E-state index contributed by atoms with van der Waals surface area (Å²) in [6.45, 7) is 1.60. The van der Waals surface area contributed by atoms with Crippen LogP contribution in [0.5, 0.6) is 0 Å². The van der Waals surface area contributed by atoms with Gasteiger partial charge in [0.15, 0.2) is 5.78 Å². The zero-order valence-corrected chi connectivity index (χ0v) is 13.8. The van der Waals surface area contributed by atoms with Crippen LogP contribution in [0.1, 0.15) is 30.1 Å². The second-order valence-corrected chi connectivity index (χ2v) is 5.58. The Kier molecular flexibility index (Phi) is 6.39. The average molecular weight is 342 g/mol. The summed E-state index contributed by atoms with van der Waals surface area (Å²) in [4.78, 5) is 35.8. The van der Waals surface area contributed by atoms with Crippen molar-refractivity contribution in [3.8, 4) is 0 Å². The first-order chi connectivity index (χ1) is 12.0. The largest absolute Gasteiger partial charge is 0.346 e. The summed E-state index contributed by atoms with van der Waals surface area (Å²) in [6.07, 6.45) is -0.123. The van der Waals surface area contributed by atoms with Gasteiger partial charge < -0.3 is 10.6 Å². The van der Waals surface area contributed by atoms with E-state index in [4.69, 9.17) is 0 Å². The average Bonchev–Trinajstić information content (AvgIpc) is 2.60. The maximum absolute atomic E-state index is 13.0. The molecule has 0 radical (unpaired) electrons. The van der Waals surface area contributed by atoms with E-state index in [9.17, 15) is 18.8 Å². The summed E-state index contributed by atoms with van der Waals surface area (Å²) in [5.74, 6) is -1.45. The van der Waals surface area contributed by atoms with Crippen LogP contribution in [0, 0.1) is 5.82 Å². The predicted molar refractivity (Wildman–Crippen MR) is 92.6 cm³/mol. The molecule has 1 unspecified atom stereocenters. The lowest BCUT2D eigenvalue weighted by Gasteiger charge is -2.13. The topological polar surface area (TPSA) is 75.3 Å². The highest BCUT2D eigenvalue weighted by Gasteiger charge is 2.17. The molecule has 0 spiro atoms. The van der Waals surface area contributed by atoms with Crippen molar-refractivity contribution < 1.29 is 18.8 Å². The summed E-state index contributed by atoms with van der Waals surface area (Å²) >= 11 is 0. The normalized spacial score (nSPS) is 11.4. The number of hydrogen-bond donors (Lipinski definition) is 2. The highest BCUT2D eigenvalue weighted by molar-refractivity contribution is 6.02. The van der Waals surface area contributed by atoms with E-state index in [1.54, 1.807) is 43.3 Å². The quantitative estimate of drug-likeness (QED) is 0.760. The molecule has 0 saturated carbocycles. The van der Waals surface area contributed by atoms with Crippen molar-refractivity contribution in [2.24, 2.45) is 0 Å². The molecular weight excluding hydrogens is 323 g/mol. The highest BCUT2D eigenvalue weighted by Crippen LogP contribution is 2.10. The Labute approximate surface area is 145 Å². The van der Waals surface area contributed by atoms with Crippen molar-refractivity contribution in [1.29, 1.82) is 0 Å². The predicted octanol–water partition coefficient (Wildman–Crippen LogP) is 2.93. The molecular formula is C19H19FN2O3. The number of benzene rings is 2. The lowest BCUT2D eigenvalue weighted by Crippen LogP contribution is -2.38. The molecule has 0 bridgehead atoms. The molecule has 5 nitrogen and oxygen atoms in total. The molecule has 0 fully saturated rings. The van der Waals surface area contributed by atoms with Crippen molar-refractivity contribution in [2.45, 2.75) is 25.8 Å². The zero-order chi connectivity index (χ0) is 18.2. The molecule has 1 atom stereocenters. The van der Waals surface area contributed by atoms with E-state index in [0.717, 1.165) is 0 Å². The van der Waals surface area contributed by atoms with Gasteiger partial charge in [-0.15, -0.1) is 0 Å². The van der Waals surface area contributed by atoms with Gasteiger partial charge in [0, 0.05) is 24.1 Å². The van der Waals surface area contributed by atoms with Crippen molar-refractivity contribution in [1.82, 2.24) is 5.32 Å². The molecule has 0 heterocycles. The van der Waals surface area contributed by atoms with Crippen LogP contribution < -0.4 is 10.6 Å². The molecule has 6 heteroatoms. The minimum atomic E-state index is -0.679. The maximum Gasteiger partial charge on any atom is 0.224 e.